The van der Waals surface area contributed by atoms with Gasteiger partial charge in [0.15, 0.2) is 0 Å². The molecule has 0 unspecified atom stereocenters. The van der Waals surface area contributed by atoms with Crippen molar-refractivity contribution in [2.45, 2.75) is 38.6 Å². The van der Waals surface area contributed by atoms with Gasteiger partial charge in [0.1, 0.15) is 0 Å². The Balaban J connectivity index is 1.83. The van der Waals surface area contributed by atoms with Gasteiger partial charge in [-0.05, 0) is 37.6 Å². The van der Waals surface area contributed by atoms with E-state index >= 15 is 0 Å². The standard InChI is InChI=1S/C13H24N2O2/c1-13(10-17-2)5-8-15(9-6-13)12(16)11-4-3-7-14-11/h11,14H,3-10H2,1-2H3/t11-/m1/s1. The molecule has 0 aromatic carbocycles. The average Bonchev–Trinajstić information content (AvgIpc) is 2.82. The maximum absolute atomic E-state index is 12.2. The molecule has 1 N–H and O–H groups in total. The number of likely N-dealkylation sites (tertiary alicyclic amines) is 1. The van der Waals surface area contributed by atoms with Gasteiger partial charge in [-0.25, -0.2) is 0 Å². The molecule has 0 radical (unpaired) electrons. The predicted octanol–water partition coefficient (Wildman–Crippen LogP) is 1.01. The maximum Gasteiger partial charge on any atom is 0.239 e. The molecule has 0 aliphatic carbocycles. The number of amides is 1. The van der Waals surface area contributed by atoms with Gasteiger partial charge in [-0.2, -0.15) is 0 Å². The molecule has 2 rings (SSSR count). The van der Waals surface area contributed by atoms with Gasteiger partial charge in [0.2, 0.25) is 5.91 Å². The summed E-state index contributed by atoms with van der Waals surface area (Å²) >= 11 is 0. The zero-order valence-corrected chi connectivity index (χ0v) is 11.0. The van der Waals surface area contributed by atoms with Crippen LogP contribution >= 0.6 is 0 Å². The monoisotopic (exact) mass is 240 g/mol. The van der Waals surface area contributed by atoms with Gasteiger partial charge in [-0.15, -0.1) is 0 Å². The Hall–Kier alpha value is -0.610. The fourth-order valence-corrected chi connectivity index (χ4v) is 2.88. The van der Waals surface area contributed by atoms with E-state index in [1.54, 1.807) is 7.11 Å². The molecule has 98 valence electrons. The van der Waals surface area contributed by atoms with Crippen LogP contribution < -0.4 is 5.32 Å². The van der Waals surface area contributed by atoms with Crippen LogP contribution in [0.4, 0.5) is 0 Å². The summed E-state index contributed by atoms with van der Waals surface area (Å²) in [5, 5.41) is 3.28. The van der Waals surface area contributed by atoms with Crippen LogP contribution in [0.3, 0.4) is 0 Å². The number of nitrogens with one attached hydrogen (secondary N) is 1. The van der Waals surface area contributed by atoms with Crippen LogP contribution in [0.1, 0.15) is 32.6 Å². The van der Waals surface area contributed by atoms with E-state index in [0.717, 1.165) is 51.9 Å². The summed E-state index contributed by atoms with van der Waals surface area (Å²) in [6.07, 6.45) is 4.24. The fourth-order valence-electron chi connectivity index (χ4n) is 2.88. The molecular formula is C13H24N2O2. The zero-order chi connectivity index (χ0) is 12.3. The number of nitrogens with zero attached hydrogens (tertiary/aromatic N) is 1. The van der Waals surface area contributed by atoms with E-state index in [0.29, 0.717) is 5.91 Å². The van der Waals surface area contributed by atoms with Crippen LogP contribution in [0, 0.1) is 5.41 Å². The van der Waals surface area contributed by atoms with Gasteiger partial charge < -0.3 is 15.0 Å². The summed E-state index contributed by atoms with van der Waals surface area (Å²) in [6.45, 7) is 5.82. The van der Waals surface area contributed by atoms with Gasteiger partial charge in [-0.1, -0.05) is 6.92 Å². The first-order valence-electron chi connectivity index (χ1n) is 6.66. The molecule has 0 bridgehead atoms. The number of carbonyl (C=O) groups excluding carboxylic acids is 1. The number of methoxy groups -OCH3 is 1. The molecule has 2 aliphatic heterocycles. The molecule has 4 heteroatoms. The lowest BCUT2D eigenvalue weighted by Crippen LogP contribution is -2.49. The van der Waals surface area contributed by atoms with Crippen molar-refractivity contribution in [1.82, 2.24) is 10.2 Å². The highest BCUT2D eigenvalue weighted by molar-refractivity contribution is 5.82. The number of carbonyl (C=O) groups is 1. The first-order chi connectivity index (χ1) is 8.14. The van der Waals surface area contributed by atoms with Gasteiger partial charge >= 0.3 is 0 Å². The summed E-state index contributed by atoms with van der Waals surface area (Å²) in [7, 11) is 1.76. The van der Waals surface area contributed by atoms with Crippen LogP contribution in [0.15, 0.2) is 0 Å². The first-order valence-corrected chi connectivity index (χ1v) is 6.66. The topological polar surface area (TPSA) is 41.6 Å². The quantitative estimate of drug-likeness (QED) is 0.800. The Bertz CT molecular complexity index is 267. The minimum Gasteiger partial charge on any atom is -0.384 e. The van der Waals surface area contributed by atoms with Crippen molar-refractivity contribution in [3.63, 3.8) is 0 Å². The van der Waals surface area contributed by atoms with E-state index in [2.05, 4.69) is 12.2 Å². The summed E-state index contributed by atoms with van der Waals surface area (Å²) < 4.78 is 5.26. The van der Waals surface area contributed by atoms with E-state index in [4.69, 9.17) is 4.74 Å². The minimum atomic E-state index is 0.0850. The molecule has 0 spiro atoms. The number of hydrogen-bond donors (Lipinski definition) is 1. The van der Waals surface area contributed by atoms with Crippen molar-refractivity contribution in [2.75, 3.05) is 33.4 Å². The summed E-state index contributed by atoms with van der Waals surface area (Å²) in [6, 6.07) is 0.0850. The Kier molecular flexibility index (Phi) is 4.05. The number of ether oxygens (including phenoxy) is 1. The minimum absolute atomic E-state index is 0.0850. The van der Waals surface area contributed by atoms with Gasteiger partial charge in [0.05, 0.1) is 12.6 Å². The van der Waals surface area contributed by atoms with Crippen molar-refractivity contribution >= 4 is 5.91 Å². The zero-order valence-electron chi connectivity index (χ0n) is 11.0. The predicted molar refractivity (Wildman–Crippen MR) is 66.8 cm³/mol. The van der Waals surface area contributed by atoms with Crippen molar-refractivity contribution < 1.29 is 9.53 Å². The fraction of sp³-hybridized carbons (Fsp3) is 0.923. The second-order valence-corrected chi connectivity index (χ2v) is 5.72. The highest BCUT2D eigenvalue weighted by Gasteiger charge is 2.34. The summed E-state index contributed by atoms with van der Waals surface area (Å²) in [5.41, 5.74) is 0.259. The van der Waals surface area contributed by atoms with E-state index in [9.17, 15) is 4.79 Å². The highest BCUT2D eigenvalue weighted by Crippen LogP contribution is 2.31. The van der Waals surface area contributed by atoms with Crippen molar-refractivity contribution in [3.8, 4) is 0 Å². The molecule has 4 nitrogen and oxygen atoms in total. The molecule has 0 aromatic heterocycles. The highest BCUT2D eigenvalue weighted by atomic mass is 16.5. The Morgan fingerprint density at radius 1 is 1.47 bits per heavy atom. The molecular weight excluding hydrogens is 216 g/mol. The van der Waals surface area contributed by atoms with Crippen molar-refractivity contribution in [3.05, 3.63) is 0 Å². The molecule has 17 heavy (non-hydrogen) atoms. The third-order valence-electron chi connectivity index (χ3n) is 4.13. The number of piperidine rings is 1. The third-order valence-corrected chi connectivity index (χ3v) is 4.13. The van der Waals surface area contributed by atoms with Gasteiger partial charge in [0.25, 0.3) is 0 Å². The van der Waals surface area contributed by atoms with E-state index in [1.165, 1.54) is 0 Å². The van der Waals surface area contributed by atoms with Gasteiger partial charge in [-0.3, -0.25) is 4.79 Å². The Labute approximate surface area is 104 Å². The molecule has 0 saturated carbocycles. The number of rotatable bonds is 3. The summed E-state index contributed by atoms with van der Waals surface area (Å²) in [5.74, 6) is 0.307. The average molecular weight is 240 g/mol. The molecule has 1 atom stereocenters. The summed E-state index contributed by atoms with van der Waals surface area (Å²) in [4.78, 5) is 14.2. The van der Waals surface area contributed by atoms with E-state index in [1.807, 2.05) is 4.90 Å². The molecule has 2 heterocycles. The smallest absolute Gasteiger partial charge is 0.239 e. The molecule has 2 aliphatic rings. The molecule has 2 saturated heterocycles. The molecule has 0 aromatic rings. The lowest BCUT2D eigenvalue weighted by atomic mass is 9.81. The lowest BCUT2D eigenvalue weighted by Gasteiger charge is -2.39. The lowest BCUT2D eigenvalue weighted by molar-refractivity contribution is -0.135. The van der Waals surface area contributed by atoms with E-state index < -0.39 is 0 Å². The third kappa shape index (κ3) is 2.99. The van der Waals surface area contributed by atoms with Crippen molar-refractivity contribution in [2.24, 2.45) is 5.41 Å². The molecule has 2 fully saturated rings. The largest absolute Gasteiger partial charge is 0.384 e. The van der Waals surface area contributed by atoms with Crippen LogP contribution in [0.25, 0.3) is 0 Å². The SMILES string of the molecule is COCC1(C)CCN(C(=O)[C@H]2CCCN2)CC1. The maximum atomic E-state index is 12.2. The second kappa shape index (κ2) is 5.36. The van der Waals surface area contributed by atoms with Crippen LogP contribution in [-0.2, 0) is 9.53 Å². The first kappa shape index (κ1) is 12.8. The van der Waals surface area contributed by atoms with Gasteiger partial charge in [0, 0.05) is 20.2 Å². The van der Waals surface area contributed by atoms with Crippen LogP contribution in [0.2, 0.25) is 0 Å². The van der Waals surface area contributed by atoms with E-state index in [-0.39, 0.29) is 11.5 Å². The Morgan fingerprint density at radius 3 is 2.71 bits per heavy atom. The molecule has 1 amide bonds. The van der Waals surface area contributed by atoms with Crippen LogP contribution in [-0.4, -0.2) is 50.2 Å². The van der Waals surface area contributed by atoms with Crippen LogP contribution in [0.5, 0.6) is 0 Å². The normalized spacial score (nSPS) is 28.4. The second-order valence-electron chi connectivity index (χ2n) is 5.72. The van der Waals surface area contributed by atoms with Crippen molar-refractivity contribution in [1.29, 1.82) is 0 Å². The number of hydrogen-bond acceptors (Lipinski definition) is 3. The Morgan fingerprint density at radius 2 is 2.18 bits per heavy atom.